The zero-order valence-electron chi connectivity index (χ0n) is 20.7. The first-order chi connectivity index (χ1) is 19.0. The van der Waals surface area contributed by atoms with Gasteiger partial charge in [-0.2, -0.15) is 9.97 Å². The highest BCUT2D eigenvalue weighted by Crippen LogP contribution is 2.52. The van der Waals surface area contributed by atoms with Crippen LogP contribution < -0.4 is 5.73 Å². The molecule has 40 heavy (non-hydrogen) atoms. The van der Waals surface area contributed by atoms with Crippen LogP contribution in [0.4, 0.5) is 10.2 Å². The van der Waals surface area contributed by atoms with Gasteiger partial charge in [0.2, 0.25) is 11.6 Å². The van der Waals surface area contributed by atoms with E-state index in [1.54, 1.807) is 42.7 Å². The normalized spacial score (nSPS) is 21.3. The number of carboxylic acids is 2. The molecule has 5 N–H and O–H groups in total. The SMILES string of the molecule is CO[C@@H]1C(OC(Cc2ccc(-c3cccnc3)cc2)(C(=O)O)C(=O)O)[C@@]1(O)[C@H](F)n1cnc2c(N)nc(Cl)nc21. The van der Waals surface area contributed by atoms with Crippen molar-refractivity contribution in [1.82, 2.24) is 24.5 Å². The summed E-state index contributed by atoms with van der Waals surface area (Å²) >= 11 is 5.84. The molecular formula is C25H22ClFN6O7. The minimum Gasteiger partial charge on any atom is -0.479 e. The summed E-state index contributed by atoms with van der Waals surface area (Å²) in [7, 11) is 1.13. The number of aromatic nitrogens is 5. The fraction of sp³-hybridized carbons (Fsp3) is 0.280. The third kappa shape index (κ3) is 4.40. The number of nitrogen functional groups attached to an aromatic ring is 1. The molecule has 1 saturated carbocycles. The number of hydrogen-bond donors (Lipinski definition) is 4. The number of ether oxygens (including phenoxy) is 2. The summed E-state index contributed by atoms with van der Waals surface area (Å²) in [5.74, 6) is -3.84. The molecule has 1 fully saturated rings. The summed E-state index contributed by atoms with van der Waals surface area (Å²) in [4.78, 5) is 40.4. The topological polar surface area (TPSA) is 196 Å². The molecule has 0 bridgehead atoms. The molecule has 0 radical (unpaired) electrons. The Balaban J connectivity index is 1.45. The maximum atomic E-state index is 15.9. The number of nitrogens with two attached hydrogens (primary N) is 1. The van der Waals surface area contributed by atoms with Crippen molar-refractivity contribution >= 4 is 40.5 Å². The van der Waals surface area contributed by atoms with Gasteiger partial charge < -0.3 is 30.5 Å². The smallest absolute Gasteiger partial charge is 0.348 e. The lowest BCUT2D eigenvalue weighted by Crippen LogP contribution is -2.52. The van der Waals surface area contributed by atoms with Crippen LogP contribution in [0.1, 0.15) is 11.9 Å². The Kier molecular flexibility index (Phi) is 6.87. The molecule has 0 saturated heterocycles. The van der Waals surface area contributed by atoms with Crippen LogP contribution in [-0.2, 0) is 25.5 Å². The van der Waals surface area contributed by atoms with Crippen molar-refractivity contribution in [3.8, 4) is 11.1 Å². The van der Waals surface area contributed by atoms with Crippen molar-refractivity contribution < 1.29 is 38.8 Å². The number of anilines is 1. The van der Waals surface area contributed by atoms with Crippen LogP contribution in [0.3, 0.4) is 0 Å². The molecule has 1 aromatic carbocycles. The van der Waals surface area contributed by atoms with E-state index in [0.717, 1.165) is 29.1 Å². The van der Waals surface area contributed by atoms with Crippen molar-refractivity contribution in [1.29, 1.82) is 0 Å². The Hall–Kier alpha value is -4.24. The highest BCUT2D eigenvalue weighted by Gasteiger charge is 2.75. The molecule has 1 unspecified atom stereocenters. The predicted molar refractivity (Wildman–Crippen MR) is 137 cm³/mol. The summed E-state index contributed by atoms with van der Waals surface area (Å²) in [5.41, 5.74) is 2.06. The minimum atomic E-state index is -2.89. The van der Waals surface area contributed by atoms with Crippen molar-refractivity contribution in [2.24, 2.45) is 0 Å². The van der Waals surface area contributed by atoms with Gasteiger partial charge >= 0.3 is 11.9 Å². The molecule has 0 amide bonds. The van der Waals surface area contributed by atoms with E-state index >= 15 is 4.39 Å². The number of fused-ring (bicyclic) bond motifs is 1. The molecule has 3 heterocycles. The third-order valence-corrected chi connectivity index (χ3v) is 6.97. The van der Waals surface area contributed by atoms with E-state index in [-0.39, 0.29) is 22.3 Å². The molecule has 13 nitrogen and oxygen atoms in total. The van der Waals surface area contributed by atoms with Crippen LogP contribution in [0.15, 0.2) is 55.1 Å². The summed E-state index contributed by atoms with van der Waals surface area (Å²) in [6.07, 6.45) is -1.92. The Morgan fingerprint density at radius 1 is 1.18 bits per heavy atom. The number of methoxy groups -OCH3 is 1. The van der Waals surface area contributed by atoms with Crippen LogP contribution in [0.5, 0.6) is 0 Å². The number of imidazole rings is 1. The van der Waals surface area contributed by atoms with Crippen LogP contribution in [0.25, 0.3) is 22.3 Å². The Morgan fingerprint density at radius 2 is 1.88 bits per heavy atom. The number of benzene rings is 1. The second-order valence-electron chi connectivity index (χ2n) is 9.17. The standard InChI is InChI=1S/C25H22ClFN6O7/c1-39-16-17(25(16,38)20(27)33-11-30-15-18(28)31-23(26)32-19(15)33)40-24(21(34)35,22(36)37)9-12-4-6-13(7-5-12)14-3-2-8-29-10-14/h2-8,10-11,16-17,20,38H,9H2,1H3,(H,34,35)(H,36,37)(H2,28,31,32)/t16-,17?,20-,25-/m1/s1. The maximum Gasteiger partial charge on any atom is 0.348 e. The van der Waals surface area contributed by atoms with Gasteiger partial charge in [-0.15, -0.1) is 0 Å². The average molecular weight is 573 g/mol. The summed E-state index contributed by atoms with van der Waals surface area (Å²) < 4.78 is 27.4. The molecule has 4 aromatic rings. The van der Waals surface area contributed by atoms with E-state index in [9.17, 15) is 24.9 Å². The van der Waals surface area contributed by atoms with Gasteiger partial charge in [0, 0.05) is 25.9 Å². The largest absolute Gasteiger partial charge is 0.479 e. The maximum absolute atomic E-state index is 15.9. The highest BCUT2D eigenvalue weighted by molar-refractivity contribution is 6.28. The van der Waals surface area contributed by atoms with Gasteiger partial charge in [0.05, 0.1) is 6.33 Å². The second kappa shape index (κ2) is 10.1. The minimum absolute atomic E-state index is 0.00267. The first-order valence-electron chi connectivity index (χ1n) is 11.7. The summed E-state index contributed by atoms with van der Waals surface area (Å²) in [5, 5.41) is 31.0. The molecule has 208 valence electrons. The molecule has 3 aromatic heterocycles. The highest BCUT2D eigenvalue weighted by atomic mass is 35.5. The fourth-order valence-corrected chi connectivity index (χ4v) is 4.78. The average Bonchev–Trinajstić information content (AvgIpc) is 3.27. The van der Waals surface area contributed by atoms with Crippen molar-refractivity contribution in [2.45, 2.75) is 36.1 Å². The number of aliphatic carboxylic acids is 2. The van der Waals surface area contributed by atoms with Crippen molar-refractivity contribution in [2.75, 3.05) is 12.8 Å². The number of carboxylic acid groups (broad SMARTS) is 2. The number of pyridine rings is 1. The van der Waals surface area contributed by atoms with Crippen LogP contribution in [0.2, 0.25) is 5.28 Å². The predicted octanol–water partition coefficient (Wildman–Crippen LogP) is 1.89. The van der Waals surface area contributed by atoms with Crippen LogP contribution >= 0.6 is 11.6 Å². The van der Waals surface area contributed by atoms with E-state index in [1.807, 2.05) is 6.07 Å². The lowest BCUT2D eigenvalue weighted by atomic mass is 9.93. The number of rotatable bonds is 10. The molecule has 5 rings (SSSR count). The van der Waals surface area contributed by atoms with Gasteiger partial charge in [0.1, 0.15) is 17.7 Å². The van der Waals surface area contributed by atoms with Gasteiger partial charge in [-0.1, -0.05) is 30.3 Å². The van der Waals surface area contributed by atoms with Gasteiger partial charge in [-0.25, -0.2) is 19.0 Å². The molecule has 4 atom stereocenters. The molecule has 1 aliphatic carbocycles. The van der Waals surface area contributed by atoms with Gasteiger partial charge in [-0.3, -0.25) is 9.55 Å². The van der Waals surface area contributed by atoms with Gasteiger partial charge in [0.15, 0.2) is 17.1 Å². The Labute approximate surface area is 230 Å². The van der Waals surface area contributed by atoms with Crippen LogP contribution in [0, 0.1) is 0 Å². The number of nitrogens with zero attached hydrogens (tertiary/aromatic N) is 5. The number of hydrogen-bond acceptors (Lipinski definition) is 10. The molecular weight excluding hydrogens is 551 g/mol. The lowest BCUT2D eigenvalue weighted by Gasteiger charge is -2.27. The fourth-order valence-electron chi connectivity index (χ4n) is 4.61. The number of carbonyl (C=O) groups is 2. The zero-order valence-corrected chi connectivity index (χ0v) is 21.4. The van der Waals surface area contributed by atoms with E-state index in [2.05, 4.69) is 19.9 Å². The first-order valence-corrected chi connectivity index (χ1v) is 12.1. The van der Waals surface area contributed by atoms with E-state index in [1.165, 1.54) is 0 Å². The van der Waals surface area contributed by atoms with E-state index in [0.29, 0.717) is 5.56 Å². The number of aliphatic hydroxyl groups is 1. The van der Waals surface area contributed by atoms with E-state index < -0.39 is 48.1 Å². The Bertz CT molecular complexity index is 1570. The lowest BCUT2D eigenvalue weighted by molar-refractivity contribution is -0.190. The summed E-state index contributed by atoms with van der Waals surface area (Å²) in [6, 6.07) is 10.0. The summed E-state index contributed by atoms with van der Waals surface area (Å²) in [6.45, 7) is 0. The molecule has 0 aliphatic heterocycles. The quantitative estimate of drug-likeness (QED) is 0.159. The van der Waals surface area contributed by atoms with Gasteiger partial charge in [0.25, 0.3) is 5.60 Å². The van der Waals surface area contributed by atoms with E-state index in [4.69, 9.17) is 26.8 Å². The number of alkyl halides is 1. The first kappa shape index (κ1) is 27.3. The zero-order chi connectivity index (χ0) is 28.8. The molecule has 15 heteroatoms. The number of halogens is 2. The van der Waals surface area contributed by atoms with Crippen molar-refractivity contribution in [3.63, 3.8) is 0 Å². The third-order valence-electron chi connectivity index (χ3n) is 6.80. The van der Waals surface area contributed by atoms with Crippen LogP contribution in [-0.4, -0.2) is 82.3 Å². The van der Waals surface area contributed by atoms with Crippen molar-refractivity contribution in [3.05, 3.63) is 66.0 Å². The Morgan fingerprint density at radius 3 is 2.48 bits per heavy atom. The molecule has 1 aliphatic rings. The van der Waals surface area contributed by atoms with Gasteiger partial charge in [-0.05, 0) is 34.4 Å². The molecule has 0 spiro atoms. The monoisotopic (exact) mass is 572 g/mol. The second-order valence-corrected chi connectivity index (χ2v) is 9.51.